The maximum atomic E-state index is 13.1. The van der Waals surface area contributed by atoms with Crippen LogP contribution in [0, 0.1) is 6.92 Å². The number of aryl methyl sites for hydroxylation is 1. The summed E-state index contributed by atoms with van der Waals surface area (Å²) in [7, 11) is -4.13. The summed E-state index contributed by atoms with van der Waals surface area (Å²) in [6.07, 6.45) is -0.346. The molecule has 0 bridgehead atoms. The smallest absolute Gasteiger partial charge is 0.342 e. The highest BCUT2D eigenvalue weighted by molar-refractivity contribution is 7.92. The van der Waals surface area contributed by atoms with Crippen LogP contribution >= 0.6 is 0 Å². The summed E-state index contributed by atoms with van der Waals surface area (Å²) in [6, 6.07) is 13.6. The quantitative estimate of drug-likeness (QED) is 0.384. The maximum Gasteiger partial charge on any atom is 0.342 e. The van der Waals surface area contributed by atoms with Crippen LogP contribution in [0.4, 0.5) is 5.69 Å². The summed E-state index contributed by atoms with van der Waals surface area (Å²) >= 11 is 0. The number of furan rings is 1. The first-order valence-electron chi connectivity index (χ1n) is 10.1. The average molecular weight is 467 g/mol. The summed E-state index contributed by atoms with van der Waals surface area (Å²) in [6.45, 7) is 5.11. The van der Waals surface area contributed by atoms with Crippen molar-refractivity contribution in [3.8, 4) is 0 Å². The predicted molar refractivity (Wildman–Crippen MR) is 123 cm³/mol. The Hall–Kier alpha value is -3.85. The third-order valence-corrected chi connectivity index (χ3v) is 6.42. The number of anilines is 1. The fourth-order valence-corrected chi connectivity index (χ4v) is 4.77. The molecule has 0 atom stereocenters. The van der Waals surface area contributed by atoms with Gasteiger partial charge in [0.05, 0.1) is 22.3 Å². The molecule has 1 aromatic heterocycles. The molecule has 170 valence electrons. The van der Waals surface area contributed by atoms with E-state index in [0.717, 1.165) is 6.07 Å². The molecular formula is C24H21NO7S. The van der Waals surface area contributed by atoms with Crippen LogP contribution in [0.5, 0.6) is 0 Å². The Morgan fingerprint density at radius 3 is 2.36 bits per heavy atom. The lowest BCUT2D eigenvalue weighted by Crippen LogP contribution is -2.14. The molecule has 8 nitrogen and oxygen atoms in total. The van der Waals surface area contributed by atoms with Gasteiger partial charge in [0.15, 0.2) is 0 Å². The molecule has 0 aliphatic carbocycles. The molecule has 0 radical (unpaired) electrons. The van der Waals surface area contributed by atoms with E-state index in [1.807, 2.05) is 0 Å². The second-order valence-electron chi connectivity index (χ2n) is 7.77. The standard InChI is InChI=1S/C24H21NO7S/c1-13(2)31-24(28)21-14(3)32-22-18-10-5-4-9-17(18)20(12-19(21)22)25-33(29,30)16-8-6-7-15(11-16)23(26)27/h4-13,25H,1-3H3,(H,26,27). The van der Waals surface area contributed by atoms with E-state index in [1.54, 1.807) is 45.0 Å². The van der Waals surface area contributed by atoms with Crippen LogP contribution in [0.2, 0.25) is 0 Å². The number of nitrogens with one attached hydrogen (secondary N) is 1. The molecule has 3 aromatic carbocycles. The Balaban J connectivity index is 1.91. The van der Waals surface area contributed by atoms with Gasteiger partial charge in [0.1, 0.15) is 16.9 Å². The molecule has 4 rings (SSSR count). The summed E-state index contributed by atoms with van der Waals surface area (Å²) in [5.41, 5.74) is 0.730. The van der Waals surface area contributed by atoms with Crippen LogP contribution < -0.4 is 4.72 Å². The lowest BCUT2D eigenvalue weighted by atomic mass is 10.0. The zero-order valence-electron chi connectivity index (χ0n) is 18.1. The van der Waals surface area contributed by atoms with Crippen LogP contribution in [0.15, 0.2) is 63.9 Å². The normalized spacial score (nSPS) is 11.8. The predicted octanol–water partition coefficient (Wildman–Crippen LogP) is 4.96. The molecule has 0 unspecified atom stereocenters. The highest BCUT2D eigenvalue weighted by atomic mass is 32.2. The molecule has 0 aliphatic rings. The summed E-state index contributed by atoms with van der Waals surface area (Å²) < 4.78 is 40.0. The molecule has 0 saturated heterocycles. The molecule has 9 heteroatoms. The molecular weight excluding hydrogens is 446 g/mol. The van der Waals surface area contributed by atoms with Crippen molar-refractivity contribution in [2.45, 2.75) is 31.8 Å². The van der Waals surface area contributed by atoms with Gasteiger partial charge in [0, 0.05) is 16.2 Å². The van der Waals surface area contributed by atoms with E-state index in [4.69, 9.17) is 9.15 Å². The third kappa shape index (κ3) is 4.14. The van der Waals surface area contributed by atoms with Gasteiger partial charge in [-0.25, -0.2) is 18.0 Å². The number of fused-ring (bicyclic) bond motifs is 3. The zero-order chi connectivity index (χ0) is 23.9. The van der Waals surface area contributed by atoms with Crippen LogP contribution in [-0.2, 0) is 14.8 Å². The van der Waals surface area contributed by atoms with Crippen molar-refractivity contribution in [3.05, 3.63) is 71.5 Å². The van der Waals surface area contributed by atoms with Crippen LogP contribution in [-0.4, -0.2) is 31.6 Å². The lowest BCUT2D eigenvalue weighted by Gasteiger charge is -2.12. The Morgan fingerprint density at radius 1 is 1.00 bits per heavy atom. The van der Waals surface area contributed by atoms with E-state index < -0.39 is 22.0 Å². The van der Waals surface area contributed by atoms with Gasteiger partial charge in [-0.15, -0.1) is 0 Å². The minimum atomic E-state index is -4.13. The van der Waals surface area contributed by atoms with E-state index in [-0.39, 0.29) is 27.8 Å². The van der Waals surface area contributed by atoms with E-state index in [0.29, 0.717) is 27.5 Å². The first-order valence-corrected chi connectivity index (χ1v) is 11.6. The van der Waals surface area contributed by atoms with Crippen molar-refractivity contribution in [3.63, 3.8) is 0 Å². The Labute approximate surface area is 189 Å². The molecule has 0 spiro atoms. The number of ether oxygens (including phenoxy) is 1. The second-order valence-corrected chi connectivity index (χ2v) is 9.45. The molecule has 0 saturated carbocycles. The summed E-state index contributed by atoms with van der Waals surface area (Å²) in [5, 5.41) is 10.8. The van der Waals surface area contributed by atoms with E-state index >= 15 is 0 Å². The molecule has 4 aromatic rings. The lowest BCUT2D eigenvalue weighted by molar-refractivity contribution is 0.0377. The summed E-state index contributed by atoms with van der Waals surface area (Å²) in [4.78, 5) is 23.8. The number of carbonyl (C=O) groups is 2. The van der Waals surface area contributed by atoms with Crippen molar-refractivity contribution in [2.24, 2.45) is 0 Å². The van der Waals surface area contributed by atoms with Crippen molar-refractivity contribution in [1.82, 2.24) is 0 Å². The van der Waals surface area contributed by atoms with Gasteiger partial charge >= 0.3 is 11.9 Å². The number of hydrogen-bond acceptors (Lipinski definition) is 6. The maximum absolute atomic E-state index is 13.1. The Kier molecular flexibility index (Phi) is 5.59. The molecule has 0 amide bonds. The number of carboxylic acid groups (broad SMARTS) is 1. The van der Waals surface area contributed by atoms with Gasteiger partial charge in [-0.3, -0.25) is 4.72 Å². The monoisotopic (exact) mass is 467 g/mol. The Bertz CT molecular complexity index is 1520. The largest absolute Gasteiger partial charge is 0.478 e. The number of sulfonamides is 1. The van der Waals surface area contributed by atoms with Crippen molar-refractivity contribution in [2.75, 3.05) is 4.72 Å². The third-order valence-electron chi connectivity index (χ3n) is 5.05. The van der Waals surface area contributed by atoms with Gasteiger partial charge in [-0.1, -0.05) is 30.3 Å². The van der Waals surface area contributed by atoms with Gasteiger partial charge in [0.2, 0.25) is 0 Å². The number of hydrogen-bond donors (Lipinski definition) is 2. The highest BCUT2D eigenvalue weighted by Gasteiger charge is 2.25. The van der Waals surface area contributed by atoms with Crippen molar-refractivity contribution >= 4 is 49.4 Å². The Morgan fingerprint density at radius 2 is 1.70 bits per heavy atom. The van der Waals surface area contributed by atoms with Gasteiger partial charge in [-0.2, -0.15) is 0 Å². The van der Waals surface area contributed by atoms with Gasteiger partial charge in [0.25, 0.3) is 10.0 Å². The fourth-order valence-electron chi connectivity index (χ4n) is 3.65. The molecule has 0 aliphatic heterocycles. The zero-order valence-corrected chi connectivity index (χ0v) is 18.9. The van der Waals surface area contributed by atoms with E-state index in [9.17, 15) is 23.1 Å². The van der Waals surface area contributed by atoms with Crippen LogP contribution in [0.1, 0.15) is 40.3 Å². The fraction of sp³-hybridized carbons (Fsp3) is 0.167. The molecule has 2 N–H and O–H groups in total. The SMILES string of the molecule is Cc1oc2c(cc(NS(=O)(=O)c3cccc(C(=O)O)c3)c3ccccc32)c1C(=O)OC(C)C. The molecule has 1 heterocycles. The molecule has 33 heavy (non-hydrogen) atoms. The number of benzene rings is 3. The second kappa shape index (κ2) is 8.25. The first-order chi connectivity index (χ1) is 15.6. The van der Waals surface area contributed by atoms with Crippen molar-refractivity contribution < 1.29 is 32.3 Å². The highest BCUT2D eigenvalue weighted by Crippen LogP contribution is 2.37. The van der Waals surface area contributed by atoms with Crippen LogP contribution in [0.25, 0.3) is 21.7 Å². The number of rotatable bonds is 6. The summed E-state index contributed by atoms with van der Waals surface area (Å²) in [5.74, 6) is -1.45. The van der Waals surface area contributed by atoms with Crippen molar-refractivity contribution in [1.29, 1.82) is 0 Å². The number of esters is 1. The van der Waals surface area contributed by atoms with E-state index in [1.165, 1.54) is 24.3 Å². The van der Waals surface area contributed by atoms with E-state index in [2.05, 4.69) is 4.72 Å². The minimum Gasteiger partial charge on any atom is -0.478 e. The topological polar surface area (TPSA) is 123 Å². The number of carbonyl (C=O) groups excluding carboxylic acids is 1. The average Bonchev–Trinajstić information content (AvgIpc) is 3.09. The van der Waals surface area contributed by atoms with Crippen LogP contribution in [0.3, 0.4) is 0 Å². The molecule has 0 fully saturated rings. The minimum absolute atomic E-state index is 0.151. The first kappa shape index (κ1) is 22.3. The number of carboxylic acids is 1. The number of aromatic carboxylic acids is 1. The van der Waals surface area contributed by atoms with Gasteiger partial charge < -0.3 is 14.3 Å². The van der Waals surface area contributed by atoms with Gasteiger partial charge in [-0.05, 0) is 45.0 Å².